The molecule has 0 radical (unpaired) electrons. The first kappa shape index (κ1) is 22.0. The Morgan fingerprint density at radius 1 is 1.11 bits per heavy atom. The molecule has 1 fully saturated rings. The van der Waals surface area contributed by atoms with Crippen LogP contribution < -0.4 is 4.72 Å². The maximum atomic E-state index is 12.4. The molecule has 154 valence electrons. The molecule has 0 bridgehead atoms. The molecule has 1 aliphatic rings. The van der Waals surface area contributed by atoms with Gasteiger partial charge in [-0.1, -0.05) is 12.1 Å². The zero-order valence-electron chi connectivity index (χ0n) is 16.0. The number of benzene rings is 1. The van der Waals surface area contributed by atoms with Crippen molar-refractivity contribution in [3.8, 4) is 0 Å². The van der Waals surface area contributed by atoms with E-state index in [1.165, 1.54) is 49.9 Å². The first-order valence-electron chi connectivity index (χ1n) is 8.82. The summed E-state index contributed by atoms with van der Waals surface area (Å²) in [4.78, 5) is 37.2. The smallest absolute Gasteiger partial charge is 0.324 e. The third-order valence-electron chi connectivity index (χ3n) is 4.22. The quantitative estimate of drug-likeness (QED) is 0.507. The Morgan fingerprint density at radius 3 is 2.21 bits per heavy atom. The van der Waals surface area contributed by atoms with Gasteiger partial charge in [-0.15, -0.1) is 0 Å². The van der Waals surface area contributed by atoms with Crippen molar-refractivity contribution in [1.82, 2.24) is 9.62 Å². The lowest BCUT2D eigenvalue weighted by atomic mass is 10.2. The normalized spacial score (nSPS) is 16.9. The van der Waals surface area contributed by atoms with Crippen LogP contribution in [0.15, 0.2) is 29.2 Å². The van der Waals surface area contributed by atoms with Gasteiger partial charge in [-0.25, -0.2) is 8.42 Å². The molecule has 1 heterocycles. The van der Waals surface area contributed by atoms with Gasteiger partial charge in [0.05, 0.1) is 18.1 Å². The number of nitrogens with one attached hydrogen (secondary N) is 1. The lowest BCUT2D eigenvalue weighted by Gasteiger charge is -2.29. The summed E-state index contributed by atoms with van der Waals surface area (Å²) in [5, 5.41) is 0. The molecular formula is C18H24N2O7S. The zero-order valence-corrected chi connectivity index (χ0v) is 16.8. The summed E-state index contributed by atoms with van der Waals surface area (Å²) in [6.45, 7) is 5.82. The van der Waals surface area contributed by atoms with Gasteiger partial charge in [0.2, 0.25) is 10.0 Å². The van der Waals surface area contributed by atoms with E-state index in [1.54, 1.807) is 0 Å². The van der Waals surface area contributed by atoms with Gasteiger partial charge in [0, 0.05) is 18.7 Å². The van der Waals surface area contributed by atoms with Crippen molar-refractivity contribution in [2.24, 2.45) is 0 Å². The van der Waals surface area contributed by atoms with Crippen LogP contribution >= 0.6 is 0 Å². The van der Waals surface area contributed by atoms with Gasteiger partial charge in [-0.2, -0.15) is 4.72 Å². The van der Waals surface area contributed by atoms with E-state index in [0.29, 0.717) is 31.9 Å². The predicted molar refractivity (Wildman–Crippen MR) is 99.2 cm³/mol. The van der Waals surface area contributed by atoms with Crippen LogP contribution in [0.1, 0.15) is 31.1 Å². The van der Waals surface area contributed by atoms with Crippen LogP contribution in [-0.4, -0.2) is 69.4 Å². The average molecular weight is 412 g/mol. The number of rotatable bonds is 7. The maximum absolute atomic E-state index is 12.4. The summed E-state index contributed by atoms with van der Waals surface area (Å²) in [6, 6.07) is 4.15. The molecule has 2 rings (SSSR count). The first-order chi connectivity index (χ1) is 13.1. The average Bonchev–Trinajstić information content (AvgIpc) is 2.67. The van der Waals surface area contributed by atoms with Crippen LogP contribution in [-0.2, 0) is 29.1 Å². The SMILES string of the molecule is CC(=O)c1ccc(S(=O)(=O)N[C@@H](C)C(=O)O[C@@H](C)C(=O)N2CCOCC2)cc1. The van der Waals surface area contributed by atoms with Crippen LogP contribution in [0, 0.1) is 0 Å². The molecular weight excluding hydrogens is 388 g/mol. The van der Waals surface area contributed by atoms with Crippen molar-refractivity contribution in [2.45, 2.75) is 37.8 Å². The summed E-state index contributed by atoms with van der Waals surface area (Å²) in [5.74, 6) is -1.41. The van der Waals surface area contributed by atoms with E-state index in [2.05, 4.69) is 4.72 Å². The molecule has 1 saturated heterocycles. The first-order valence-corrected chi connectivity index (χ1v) is 10.3. The van der Waals surface area contributed by atoms with Crippen molar-refractivity contribution < 1.29 is 32.3 Å². The van der Waals surface area contributed by atoms with Crippen molar-refractivity contribution >= 4 is 27.7 Å². The van der Waals surface area contributed by atoms with Gasteiger partial charge >= 0.3 is 5.97 Å². The molecule has 0 spiro atoms. The Labute approximate surface area is 164 Å². The van der Waals surface area contributed by atoms with Crippen molar-refractivity contribution in [3.05, 3.63) is 29.8 Å². The number of carbonyl (C=O) groups is 3. The highest BCUT2D eigenvalue weighted by molar-refractivity contribution is 7.89. The van der Waals surface area contributed by atoms with Crippen LogP contribution in [0.25, 0.3) is 0 Å². The Kier molecular flexibility index (Phi) is 7.28. The zero-order chi connectivity index (χ0) is 20.9. The minimum atomic E-state index is -4.00. The third kappa shape index (κ3) is 5.60. The van der Waals surface area contributed by atoms with Gasteiger partial charge in [-0.3, -0.25) is 14.4 Å². The molecule has 1 N–H and O–H groups in total. The number of morpholine rings is 1. The molecule has 2 atom stereocenters. The highest BCUT2D eigenvalue weighted by atomic mass is 32.2. The van der Waals surface area contributed by atoms with Crippen molar-refractivity contribution in [1.29, 1.82) is 0 Å². The Balaban J connectivity index is 1.96. The number of ether oxygens (including phenoxy) is 2. The standard InChI is InChI=1S/C18H24N2O7S/c1-12(18(23)27-14(3)17(22)20-8-10-26-11-9-20)19-28(24,25)16-6-4-15(5-7-16)13(2)21/h4-7,12,14,19H,8-11H2,1-3H3/t12-,14-/m0/s1. The number of esters is 1. The largest absolute Gasteiger partial charge is 0.451 e. The Hall–Kier alpha value is -2.30. The van der Waals surface area contributed by atoms with Crippen molar-refractivity contribution in [2.75, 3.05) is 26.3 Å². The molecule has 9 nitrogen and oxygen atoms in total. The molecule has 1 aliphatic heterocycles. The minimum Gasteiger partial charge on any atom is -0.451 e. The van der Waals surface area contributed by atoms with Crippen LogP contribution in [0.2, 0.25) is 0 Å². The van der Waals surface area contributed by atoms with Gasteiger partial charge in [0.15, 0.2) is 11.9 Å². The third-order valence-corrected chi connectivity index (χ3v) is 5.78. The molecule has 0 unspecified atom stereocenters. The van der Waals surface area contributed by atoms with E-state index in [0.717, 1.165) is 0 Å². The van der Waals surface area contributed by atoms with E-state index in [4.69, 9.17) is 9.47 Å². The Morgan fingerprint density at radius 2 is 1.68 bits per heavy atom. The molecule has 0 aliphatic carbocycles. The number of carbonyl (C=O) groups excluding carboxylic acids is 3. The van der Waals surface area contributed by atoms with Crippen molar-refractivity contribution in [3.63, 3.8) is 0 Å². The fourth-order valence-corrected chi connectivity index (χ4v) is 3.78. The second kappa shape index (κ2) is 9.26. The van der Waals surface area contributed by atoms with Crippen LogP contribution in [0.3, 0.4) is 0 Å². The number of hydrogen-bond acceptors (Lipinski definition) is 7. The number of nitrogens with zero attached hydrogens (tertiary/aromatic N) is 1. The fraction of sp³-hybridized carbons (Fsp3) is 0.500. The lowest BCUT2D eigenvalue weighted by Crippen LogP contribution is -2.47. The topological polar surface area (TPSA) is 119 Å². The highest BCUT2D eigenvalue weighted by Crippen LogP contribution is 2.12. The number of amides is 1. The predicted octanol–water partition coefficient (Wildman–Crippen LogP) is 0.347. The number of hydrogen-bond donors (Lipinski definition) is 1. The van der Waals surface area contributed by atoms with E-state index < -0.39 is 28.1 Å². The summed E-state index contributed by atoms with van der Waals surface area (Å²) in [6.07, 6.45) is -1.03. The summed E-state index contributed by atoms with van der Waals surface area (Å²) in [5.41, 5.74) is 0.377. The molecule has 10 heteroatoms. The summed E-state index contributed by atoms with van der Waals surface area (Å²) >= 11 is 0. The summed E-state index contributed by atoms with van der Waals surface area (Å²) in [7, 11) is -4.00. The fourth-order valence-electron chi connectivity index (χ4n) is 2.59. The molecule has 0 aromatic heterocycles. The van der Waals surface area contributed by atoms with E-state index in [1.807, 2.05) is 0 Å². The monoisotopic (exact) mass is 412 g/mol. The van der Waals surface area contributed by atoms with Gasteiger partial charge in [-0.05, 0) is 32.9 Å². The van der Waals surface area contributed by atoms with Crippen LogP contribution in [0.4, 0.5) is 0 Å². The van der Waals surface area contributed by atoms with E-state index in [-0.39, 0.29) is 16.6 Å². The van der Waals surface area contributed by atoms with E-state index in [9.17, 15) is 22.8 Å². The van der Waals surface area contributed by atoms with Crippen LogP contribution in [0.5, 0.6) is 0 Å². The molecule has 1 aromatic carbocycles. The minimum absolute atomic E-state index is 0.0883. The second-order valence-corrected chi connectivity index (χ2v) is 8.15. The number of sulfonamides is 1. The van der Waals surface area contributed by atoms with Gasteiger partial charge in [0.1, 0.15) is 6.04 Å². The molecule has 1 aromatic rings. The second-order valence-electron chi connectivity index (χ2n) is 6.44. The highest BCUT2D eigenvalue weighted by Gasteiger charge is 2.29. The number of ketones is 1. The summed E-state index contributed by atoms with van der Waals surface area (Å²) < 4.78 is 37.3. The number of Topliss-reactive ketones (excluding diaryl/α,β-unsaturated/α-hetero) is 1. The molecule has 28 heavy (non-hydrogen) atoms. The maximum Gasteiger partial charge on any atom is 0.324 e. The lowest BCUT2D eigenvalue weighted by molar-refractivity contribution is -0.161. The molecule has 0 saturated carbocycles. The molecule has 1 amide bonds. The van der Waals surface area contributed by atoms with Gasteiger partial charge < -0.3 is 14.4 Å². The van der Waals surface area contributed by atoms with Gasteiger partial charge in [0.25, 0.3) is 5.91 Å². The van der Waals surface area contributed by atoms with E-state index >= 15 is 0 Å². The Bertz CT molecular complexity index is 830.